The highest BCUT2D eigenvalue weighted by Crippen LogP contribution is 2.61. The van der Waals surface area contributed by atoms with Gasteiger partial charge in [0.15, 0.2) is 5.75 Å². The zero-order chi connectivity index (χ0) is 16.4. The van der Waals surface area contributed by atoms with Crippen molar-refractivity contribution in [3.8, 4) is 5.75 Å². The van der Waals surface area contributed by atoms with E-state index >= 15 is 0 Å². The molecule has 4 rings (SSSR count). The number of benzene rings is 1. The van der Waals surface area contributed by atoms with Crippen molar-refractivity contribution in [1.82, 2.24) is 0 Å². The maximum atomic E-state index is 11.3. The van der Waals surface area contributed by atoms with Crippen LogP contribution in [0.3, 0.4) is 0 Å². The molecule has 0 aliphatic heterocycles. The predicted octanol–water partition coefficient (Wildman–Crippen LogP) is 3.52. The van der Waals surface area contributed by atoms with Gasteiger partial charge in [0.2, 0.25) is 0 Å². The Labute approximate surface area is 135 Å². The van der Waals surface area contributed by atoms with Crippen LogP contribution in [0.5, 0.6) is 5.75 Å². The number of hydrogen-bond donors (Lipinski definition) is 2. The molecule has 0 aromatic heterocycles. The fraction of sp³-hybridized carbons (Fsp3) is 0.667. The normalized spacial score (nSPS) is 38.5. The largest absolute Gasteiger partial charge is 0.502 e. The molecular weight excluding hydrogens is 294 g/mol. The molecule has 5 unspecified atom stereocenters. The Morgan fingerprint density at radius 1 is 1.26 bits per heavy atom. The Morgan fingerprint density at radius 2 is 2.04 bits per heavy atom. The topological polar surface area (TPSA) is 83.6 Å². The molecule has 0 saturated heterocycles. The molecule has 5 heteroatoms. The van der Waals surface area contributed by atoms with Crippen molar-refractivity contribution >= 4 is 5.69 Å². The van der Waals surface area contributed by atoms with Crippen LogP contribution < -0.4 is 0 Å². The first-order valence-corrected chi connectivity index (χ1v) is 8.60. The highest BCUT2D eigenvalue weighted by Gasteiger charge is 2.54. The van der Waals surface area contributed by atoms with Gasteiger partial charge in [-0.05, 0) is 73.3 Å². The lowest BCUT2D eigenvalue weighted by molar-refractivity contribution is -0.386. The summed E-state index contributed by atoms with van der Waals surface area (Å²) in [5.41, 5.74) is 1.72. The summed E-state index contributed by atoms with van der Waals surface area (Å²) in [6, 6.07) is 3.37. The number of phenolic OH excluding ortho intramolecular Hbond substituents is 1. The lowest BCUT2D eigenvalue weighted by Crippen LogP contribution is -2.44. The molecule has 0 spiro atoms. The van der Waals surface area contributed by atoms with Crippen LogP contribution in [0.2, 0.25) is 0 Å². The summed E-state index contributed by atoms with van der Waals surface area (Å²) in [5, 5.41) is 31.6. The third kappa shape index (κ3) is 1.95. The van der Waals surface area contributed by atoms with E-state index in [-0.39, 0.29) is 23.0 Å². The SMILES string of the molecule is CC12CCC3c4ccc(O)c([N+](=O)[O-])c4CCC3C1CCC2O. The second-order valence-electron chi connectivity index (χ2n) is 7.81. The summed E-state index contributed by atoms with van der Waals surface area (Å²) in [6.45, 7) is 2.22. The van der Waals surface area contributed by atoms with Crippen LogP contribution in [-0.4, -0.2) is 21.2 Å². The molecule has 2 saturated carbocycles. The van der Waals surface area contributed by atoms with Crippen molar-refractivity contribution in [2.24, 2.45) is 17.3 Å². The quantitative estimate of drug-likeness (QED) is 0.613. The molecule has 5 nitrogen and oxygen atoms in total. The average molecular weight is 317 g/mol. The Balaban J connectivity index is 1.76. The van der Waals surface area contributed by atoms with E-state index in [1.807, 2.05) is 6.07 Å². The van der Waals surface area contributed by atoms with E-state index in [1.165, 1.54) is 6.07 Å². The minimum absolute atomic E-state index is 0.0154. The maximum absolute atomic E-state index is 11.3. The van der Waals surface area contributed by atoms with Crippen molar-refractivity contribution in [2.75, 3.05) is 0 Å². The summed E-state index contributed by atoms with van der Waals surface area (Å²) in [4.78, 5) is 10.9. The smallest absolute Gasteiger partial charge is 0.314 e. The monoisotopic (exact) mass is 317 g/mol. The molecule has 1 aromatic carbocycles. The van der Waals surface area contributed by atoms with Crippen LogP contribution in [0.15, 0.2) is 12.1 Å². The summed E-state index contributed by atoms with van der Waals surface area (Å²) in [5.74, 6) is 1.13. The highest BCUT2D eigenvalue weighted by molar-refractivity contribution is 5.57. The van der Waals surface area contributed by atoms with Crippen LogP contribution in [0.1, 0.15) is 56.1 Å². The number of rotatable bonds is 1. The number of hydrogen-bond acceptors (Lipinski definition) is 4. The van der Waals surface area contributed by atoms with E-state index in [1.54, 1.807) is 0 Å². The Bertz CT molecular complexity index is 673. The van der Waals surface area contributed by atoms with Gasteiger partial charge in [-0.15, -0.1) is 0 Å². The molecule has 1 aromatic rings. The van der Waals surface area contributed by atoms with Gasteiger partial charge >= 0.3 is 5.69 Å². The van der Waals surface area contributed by atoms with Crippen molar-refractivity contribution in [2.45, 2.75) is 57.5 Å². The highest BCUT2D eigenvalue weighted by atomic mass is 16.6. The molecule has 2 N–H and O–H groups in total. The van der Waals surface area contributed by atoms with Crippen molar-refractivity contribution in [3.63, 3.8) is 0 Å². The summed E-state index contributed by atoms with van der Waals surface area (Å²) >= 11 is 0. The van der Waals surface area contributed by atoms with Gasteiger partial charge in [-0.25, -0.2) is 0 Å². The van der Waals surface area contributed by atoms with Gasteiger partial charge in [-0.3, -0.25) is 10.1 Å². The van der Waals surface area contributed by atoms with Crippen LogP contribution in [-0.2, 0) is 6.42 Å². The van der Waals surface area contributed by atoms with E-state index in [9.17, 15) is 20.3 Å². The molecule has 0 amide bonds. The Kier molecular flexibility index (Phi) is 3.21. The number of nitro groups is 1. The second-order valence-corrected chi connectivity index (χ2v) is 7.81. The van der Waals surface area contributed by atoms with Gasteiger partial charge in [-0.1, -0.05) is 13.0 Å². The molecule has 5 atom stereocenters. The van der Waals surface area contributed by atoms with Crippen molar-refractivity contribution < 1.29 is 15.1 Å². The summed E-state index contributed by atoms with van der Waals surface area (Å²) < 4.78 is 0. The number of aromatic hydroxyl groups is 1. The zero-order valence-electron chi connectivity index (χ0n) is 13.4. The third-order valence-electron chi connectivity index (χ3n) is 6.99. The van der Waals surface area contributed by atoms with Crippen molar-refractivity contribution in [1.29, 1.82) is 0 Å². The first-order valence-electron chi connectivity index (χ1n) is 8.60. The zero-order valence-corrected chi connectivity index (χ0v) is 13.4. The number of phenols is 1. The molecule has 0 bridgehead atoms. The molecule has 0 radical (unpaired) electrons. The molecular formula is C18H23NO4. The fourth-order valence-electron chi connectivity index (χ4n) is 5.81. The number of fused-ring (bicyclic) bond motifs is 5. The lowest BCUT2D eigenvalue weighted by Gasteiger charge is -2.49. The lowest BCUT2D eigenvalue weighted by atomic mass is 9.55. The molecule has 0 heterocycles. The average Bonchev–Trinajstić information content (AvgIpc) is 2.82. The van der Waals surface area contributed by atoms with Crippen LogP contribution in [0.4, 0.5) is 5.69 Å². The number of nitro benzene ring substituents is 1. The van der Waals surface area contributed by atoms with Crippen LogP contribution in [0.25, 0.3) is 0 Å². The summed E-state index contributed by atoms with van der Waals surface area (Å²) in [7, 11) is 0. The van der Waals surface area contributed by atoms with Gasteiger partial charge in [0.05, 0.1) is 11.0 Å². The van der Waals surface area contributed by atoms with Crippen molar-refractivity contribution in [3.05, 3.63) is 33.4 Å². The second kappa shape index (κ2) is 4.94. The first-order chi connectivity index (χ1) is 10.9. The Morgan fingerprint density at radius 3 is 2.78 bits per heavy atom. The number of aliphatic hydroxyl groups excluding tert-OH is 1. The fourth-order valence-corrected chi connectivity index (χ4v) is 5.81. The molecule has 2 fully saturated rings. The summed E-state index contributed by atoms with van der Waals surface area (Å²) in [6.07, 6.45) is 5.28. The standard InChI is InChI=1S/C18H23NO4/c1-18-9-8-11-10-4-6-15(20)17(19(22)23)13(10)3-2-12(11)14(18)5-7-16(18)21/h4,6,11-12,14,16,20-21H,2-3,5,7-9H2,1H3. The molecule has 3 aliphatic carbocycles. The van der Waals surface area contributed by atoms with Gasteiger partial charge in [-0.2, -0.15) is 0 Å². The minimum Gasteiger partial charge on any atom is -0.502 e. The molecule has 3 aliphatic rings. The van der Waals surface area contributed by atoms with E-state index in [0.717, 1.165) is 43.2 Å². The Hall–Kier alpha value is -1.62. The molecule has 23 heavy (non-hydrogen) atoms. The third-order valence-corrected chi connectivity index (χ3v) is 6.99. The molecule has 124 valence electrons. The van der Waals surface area contributed by atoms with E-state index in [0.29, 0.717) is 24.2 Å². The first kappa shape index (κ1) is 14.9. The van der Waals surface area contributed by atoms with Gasteiger partial charge in [0, 0.05) is 5.56 Å². The van der Waals surface area contributed by atoms with Crippen LogP contribution >= 0.6 is 0 Å². The predicted molar refractivity (Wildman–Crippen MR) is 85.4 cm³/mol. The van der Waals surface area contributed by atoms with Gasteiger partial charge < -0.3 is 10.2 Å². The van der Waals surface area contributed by atoms with E-state index in [4.69, 9.17) is 0 Å². The number of aliphatic hydroxyl groups is 1. The van der Waals surface area contributed by atoms with E-state index in [2.05, 4.69) is 6.92 Å². The maximum Gasteiger partial charge on any atom is 0.314 e. The number of nitrogens with zero attached hydrogens (tertiary/aromatic N) is 1. The van der Waals surface area contributed by atoms with Gasteiger partial charge in [0.25, 0.3) is 0 Å². The minimum atomic E-state index is -0.444. The van der Waals surface area contributed by atoms with Gasteiger partial charge in [0.1, 0.15) is 0 Å². The van der Waals surface area contributed by atoms with E-state index < -0.39 is 4.92 Å². The van der Waals surface area contributed by atoms with Crippen LogP contribution in [0, 0.1) is 27.4 Å².